The van der Waals surface area contributed by atoms with Gasteiger partial charge in [-0.3, -0.25) is 0 Å². The molecular formula is C10H14N2O2. The lowest BCUT2D eigenvalue weighted by atomic mass is 10.2. The molecule has 4 nitrogen and oxygen atoms in total. The van der Waals surface area contributed by atoms with Gasteiger partial charge in [-0.25, -0.2) is 9.97 Å². The molecule has 4 heteroatoms. The summed E-state index contributed by atoms with van der Waals surface area (Å²) >= 11 is 0. The van der Waals surface area contributed by atoms with E-state index >= 15 is 0 Å². The molecule has 1 aromatic rings. The molecular weight excluding hydrogens is 180 g/mol. The van der Waals surface area contributed by atoms with Crippen LogP contribution in [0.4, 0.5) is 0 Å². The minimum Gasteiger partial charge on any atom is -0.341 e. The monoisotopic (exact) mass is 194 g/mol. The molecule has 0 radical (unpaired) electrons. The number of aromatic nitrogens is 2. The first kappa shape index (κ1) is 9.55. The van der Waals surface area contributed by atoms with Gasteiger partial charge in [0.2, 0.25) is 5.79 Å². The van der Waals surface area contributed by atoms with Gasteiger partial charge in [-0.1, -0.05) is 6.92 Å². The quantitative estimate of drug-likeness (QED) is 0.711. The highest BCUT2D eigenvalue weighted by Gasteiger charge is 2.35. The van der Waals surface area contributed by atoms with Crippen LogP contribution in [-0.2, 0) is 21.7 Å². The molecule has 14 heavy (non-hydrogen) atoms. The maximum atomic E-state index is 5.45. The highest BCUT2D eigenvalue weighted by Crippen LogP contribution is 2.27. The molecule has 0 amide bonds. The van der Waals surface area contributed by atoms with E-state index in [0.29, 0.717) is 19.0 Å². The van der Waals surface area contributed by atoms with Crippen molar-refractivity contribution in [2.45, 2.75) is 26.1 Å². The third-order valence-corrected chi connectivity index (χ3v) is 2.36. The summed E-state index contributed by atoms with van der Waals surface area (Å²) in [5.41, 5.74) is 1.12. The lowest BCUT2D eigenvalue weighted by Gasteiger charge is -2.19. The summed E-state index contributed by atoms with van der Waals surface area (Å²) < 4.78 is 10.9. The van der Waals surface area contributed by atoms with Crippen LogP contribution in [0.3, 0.4) is 0 Å². The average Bonchev–Trinajstić information content (AvgIpc) is 2.67. The molecule has 0 aliphatic carbocycles. The van der Waals surface area contributed by atoms with Gasteiger partial charge in [0.15, 0.2) is 5.82 Å². The fourth-order valence-electron chi connectivity index (χ4n) is 1.42. The molecule has 0 atom stereocenters. The molecule has 76 valence electrons. The van der Waals surface area contributed by atoms with Crippen LogP contribution in [0.15, 0.2) is 12.4 Å². The van der Waals surface area contributed by atoms with E-state index in [9.17, 15) is 0 Å². The predicted octanol–water partition coefficient (Wildman–Crippen LogP) is 1.26. The molecule has 1 aliphatic heterocycles. The van der Waals surface area contributed by atoms with Crippen molar-refractivity contribution < 1.29 is 9.47 Å². The molecule has 0 unspecified atom stereocenters. The van der Waals surface area contributed by atoms with Crippen LogP contribution in [0.1, 0.15) is 25.2 Å². The zero-order chi connectivity index (χ0) is 10.0. The molecule has 1 aromatic heterocycles. The normalized spacial score (nSPS) is 19.9. The van der Waals surface area contributed by atoms with Crippen LogP contribution < -0.4 is 0 Å². The van der Waals surface area contributed by atoms with E-state index in [2.05, 4.69) is 16.9 Å². The molecule has 0 bridgehead atoms. The van der Waals surface area contributed by atoms with E-state index in [1.54, 1.807) is 0 Å². The Hall–Kier alpha value is -1.00. The Morgan fingerprint density at radius 1 is 1.29 bits per heavy atom. The van der Waals surface area contributed by atoms with Gasteiger partial charge in [-0.05, 0) is 18.9 Å². The van der Waals surface area contributed by atoms with Crippen molar-refractivity contribution in [3.63, 3.8) is 0 Å². The van der Waals surface area contributed by atoms with Crippen molar-refractivity contribution in [3.05, 3.63) is 23.8 Å². The Kier molecular flexibility index (Phi) is 2.48. The maximum absolute atomic E-state index is 5.45. The third kappa shape index (κ3) is 1.63. The average molecular weight is 194 g/mol. The van der Waals surface area contributed by atoms with Crippen molar-refractivity contribution in [1.82, 2.24) is 9.97 Å². The standard InChI is InChI=1S/C10H14N2O2/c1-3-8-6-11-9(12-7-8)10(2)13-4-5-14-10/h6-7H,3-5H2,1-2H3. The number of ether oxygens (including phenoxy) is 2. The summed E-state index contributed by atoms with van der Waals surface area (Å²) in [5, 5.41) is 0. The van der Waals surface area contributed by atoms with Crippen molar-refractivity contribution in [2.24, 2.45) is 0 Å². The number of aryl methyl sites for hydroxylation is 1. The first-order valence-electron chi connectivity index (χ1n) is 4.84. The van der Waals surface area contributed by atoms with Gasteiger partial charge < -0.3 is 9.47 Å². The molecule has 0 N–H and O–H groups in total. The van der Waals surface area contributed by atoms with Crippen LogP contribution in [0, 0.1) is 0 Å². The Morgan fingerprint density at radius 2 is 1.86 bits per heavy atom. The molecule has 0 spiro atoms. The topological polar surface area (TPSA) is 44.2 Å². The Labute approximate surface area is 83.3 Å². The van der Waals surface area contributed by atoms with E-state index in [1.807, 2.05) is 19.3 Å². The summed E-state index contributed by atoms with van der Waals surface area (Å²) in [5.74, 6) is -0.140. The molecule has 0 saturated carbocycles. The van der Waals surface area contributed by atoms with E-state index in [4.69, 9.17) is 9.47 Å². The number of rotatable bonds is 2. The Bertz CT molecular complexity index is 304. The second kappa shape index (κ2) is 3.63. The highest BCUT2D eigenvalue weighted by molar-refractivity contribution is 5.07. The van der Waals surface area contributed by atoms with Crippen molar-refractivity contribution in [3.8, 4) is 0 Å². The fraction of sp³-hybridized carbons (Fsp3) is 0.600. The first-order valence-corrected chi connectivity index (χ1v) is 4.84. The van der Waals surface area contributed by atoms with Gasteiger partial charge in [0, 0.05) is 12.4 Å². The predicted molar refractivity (Wildman–Crippen MR) is 50.7 cm³/mol. The van der Waals surface area contributed by atoms with Gasteiger partial charge in [0.05, 0.1) is 13.2 Å². The van der Waals surface area contributed by atoms with Crippen molar-refractivity contribution >= 4 is 0 Å². The minimum atomic E-state index is -0.744. The molecule has 1 saturated heterocycles. The molecule has 2 rings (SSSR count). The van der Waals surface area contributed by atoms with Crippen LogP contribution in [-0.4, -0.2) is 23.2 Å². The summed E-state index contributed by atoms with van der Waals surface area (Å²) in [6.07, 6.45) is 4.58. The van der Waals surface area contributed by atoms with E-state index in [0.717, 1.165) is 12.0 Å². The summed E-state index contributed by atoms with van der Waals surface area (Å²) in [6, 6.07) is 0. The summed E-state index contributed by atoms with van der Waals surface area (Å²) in [4.78, 5) is 8.48. The molecule has 1 aliphatic rings. The second-order valence-electron chi connectivity index (χ2n) is 3.41. The zero-order valence-electron chi connectivity index (χ0n) is 8.49. The maximum Gasteiger partial charge on any atom is 0.227 e. The summed E-state index contributed by atoms with van der Waals surface area (Å²) in [7, 11) is 0. The fourth-order valence-corrected chi connectivity index (χ4v) is 1.42. The molecule has 1 fully saturated rings. The molecule has 0 aromatic carbocycles. The van der Waals surface area contributed by atoms with E-state index in [-0.39, 0.29) is 0 Å². The SMILES string of the molecule is CCc1cnc(C2(C)OCCO2)nc1. The lowest BCUT2D eigenvalue weighted by Crippen LogP contribution is -2.25. The van der Waals surface area contributed by atoms with E-state index < -0.39 is 5.79 Å². The van der Waals surface area contributed by atoms with Gasteiger partial charge in [0.25, 0.3) is 0 Å². The number of nitrogens with zero attached hydrogens (tertiary/aromatic N) is 2. The minimum absolute atomic E-state index is 0.604. The van der Waals surface area contributed by atoms with Gasteiger partial charge >= 0.3 is 0 Å². The zero-order valence-corrected chi connectivity index (χ0v) is 8.49. The largest absolute Gasteiger partial charge is 0.341 e. The van der Waals surface area contributed by atoms with Crippen LogP contribution in [0.2, 0.25) is 0 Å². The van der Waals surface area contributed by atoms with Crippen LogP contribution in [0.25, 0.3) is 0 Å². The first-order chi connectivity index (χ1) is 6.74. The second-order valence-corrected chi connectivity index (χ2v) is 3.41. The third-order valence-electron chi connectivity index (χ3n) is 2.36. The van der Waals surface area contributed by atoms with Gasteiger partial charge in [0.1, 0.15) is 0 Å². The Balaban J connectivity index is 2.23. The van der Waals surface area contributed by atoms with Crippen LogP contribution >= 0.6 is 0 Å². The summed E-state index contributed by atoms with van der Waals surface area (Å²) in [6.45, 7) is 5.13. The lowest BCUT2D eigenvalue weighted by molar-refractivity contribution is -0.156. The van der Waals surface area contributed by atoms with Crippen molar-refractivity contribution in [1.29, 1.82) is 0 Å². The number of hydrogen-bond acceptors (Lipinski definition) is 4. The number of hydrogen-bond donors (Lipinski definition) is 0. The Morgan fingerprint density at radius 3 is 2.36 bits per heavy atom. The van der Waals surface area contributed by atoms with Gasteiger partial charge in [-0.2, -0.15) is 0 Å². The highest BCUT2D eigenvalue weighted by atomic mass is 16.7. The van der Waals surface area contributed by atoms with Crippen LogP contribution in [0.5, 0.6) is 0 Å². The van der Waals surface area contributed by atoms with Gasteiger partial charge in [-0.15, -0.1) is 0 Å². The van der Waals surface area contributed by atoms with Crippen molar-refractivity contribution in [2.75, 3.05) is 13.2 Å². The smallest absolute Gasteiger partial charge is 0.227 e. The van der Waals surface area contributed by atoms with E-state index in [1.165, 1.54) is 0 Å². The molecule has 2 heterocycles.